The summed E-state index contributed by atoms with van der Waals surface area (Å²) in [5.41, 5.74) is 5.43. The number of halogens is 1. The molecule has 0 aromatic heterocycles. The fraction of sp³-hybridized carbons (Fsp3) is 0.333. The molecule has 0 bridgehead atoms. The van der Waals surface area contributed by atoms with Crippen LogP contribution >= 0.6 is 24.2 Å². The molecule has 0 saturated heterocycles. The first kappa shape index (κ1) is 7.14. The first-order valence-corrected chi connectivity index (χ1v) is 2.66. The van der Waals surface area contributed by atoms with Gasteiger partial charge in [0, 0.05) is 6.20 Å². The number of hydrogen-bond acceptors (Lipinski definition) is 3. The molecule has 0 saturated carbocycles. The molecule has 0 aromatic carbocycles. The van der Waals surface area contributed by atoms with Crippen LogP contribution in [0, 0.1) is 0 Å². The Hall–Kier alpha value is 0.140. The maximum absolute atomic E-state index is 5.32. The molecule has 0 amide bonds. The second-order valence-corrected chi connectivity index (χ2v) is 2.08. The van der Waals surface area contributed by atoms with E-state index in [0.717, 1.165) is 0 Å². The second-order valence-electron chi connectivity index (χ2n) is 1.03. The number of nitrogens with two attached hydrogens (primary N) is 1. The van der Waals surface area contributed by atoms with Gasteiger partial charge in [-0.3, -0.25) is 0 Å². The SMILES string of the molecule is Cl.NC1NC=CS1. The van der Waals surface area contributed by atoms with Crippen LogP contribution in [0.25, 0.3) is 0 Å². The molecule has 1 atom stereocenters. The maximum atomic E-state index is 5.32. The molecule has 0 aromatic rings. The van der Waals surface area contributed by atoms with Gasteiger partial charge in [-0.1, -0.05) is 11.8 Å². The van der Waals surface area contributed by atoms with Gasteiger partial charge in [-0.2, -0.15) is 0 Å². The number of rotatable bonds is 0. The minimum atomic E-state index is 0. The van der Waals surface area contributed by atoms with Crippen molar-refractivity contribution in [1.82, 2.24) is 5.32 Å². The smallest absolute Gasteiger partial charge is 0.126 e. The Labute approximate surface area is 52.9 Å². The Morgan fingerprint density at radius 2 is 2.43 bits per heavy atom. The summed E-state index contributed by atoms with van der Waals surface area (Å²) in [6, 6.07) is 0. The highest BCUT2D eigenvalue weighted by molar-refractivity contribution is 8.02. The summed E-state index contributed by atoms with van der Waals surface area (Å²) >= 11 is 1.58. The van der Waals surface area contributed by atoms with Crippen LogP contribution in [0.4, 0.5) is 0 Å². The van der Waals surface area contributed by atoms with E-state index in [0.29, 0.717) is 0 Å². The van der Waals surface area contributed by atoms with E-state index in [2.05, 4.69) is 5.32 Å². The van der Waals surface area contributed by atoms with Gasteiger partial charge in [0.25, 0.3) is 0 Å². The average molecular weight is 139 g/mol. The molecular formula is C3H7ClN2S. The lowest BCUT2D eigenvalue weighted by molar-refractivity contribution is 0.837. The average Bonchev–Trinajstić information content (AvgIpc) is 1.86. The van der Waals surface area contributed by atoms with E-state index in [-0.39, 0.29) is 17.9 Å². The minimum absolute atomic E-state index is 0. The van der Waals surface area contributed by atoms with E-state index < -0.39 is 0 Å². The molecule has 3 N–H and O–H groups in total. The standard InChI is InChI=1S/C3H6N2S.ClH/c4-3-5-1-2-6-3;/h1-3,5H,4H2;1H. The number of nitrogens with one attached hydrogen (secondary N) is 1. The molecule has 42 valence electrons. The van der Waals surface area contributed by atoms with Crippen LogP contribution in [0.2, 0.25) is 0 Å². The highest BCUT2D eigenvalue weighted by Gasteiger charge is 1.98. The second kappa shape index (κ2) is 3.18. The topological polar surface area (TPSA) is 38.0 Å². The van der Waals surface area contributed by atoms with Crippen molar-refractivity contribution in [3.63, 3.8) is 0 Å². The van der Waals surface area contributed by atoms with Gasteiger partial charge in [-0.05, 0) is 5.41 Å². The van der Waals surface area contributed by atoms with Gasteiger partial charge >= 0.3 is 0 Å². The summed E-state index contributed by atoms with van der Waals surface area (Å²) in [5.74, 6) is 0. The first-order valence-electron chi connectivity index (χ1n) is 1.72. The van der Waals surface area contributed by atoms with E-state index in [1.54, 1.807) is 11.8 Å². The molecule has 1 heterocycles. The molecule has 4 heteroatoms. The Kier molecular flexibility index (Phi) is 3.25. The molecule has 1 rings (SSSR count). The van der Waals surface area contributed by atoms with Crippen LogP contribution in [0.1, 0.15) is 0 Å². The zero-order valence-corrected chi connectivity index (χ0v) is 5.26. The summed E-state index contributed by atoms with van der Waals surface area (Å²) in [6.45, 7) is 0. The van der Waals surface area contributed by atoms with Crippen molar-refractivity contribution in [1.29, 1.82) is 0 Å². The Morgan fingerprint density at radius 1 is 1.71 bits per heavy atom. The van der Waals surface area contributed by atoms with Crippen molar-refractivity contribution < 1.29 is 0 Å². The van der Waals surface area contributed by atoms with Crippen LogP contribution in [0.5, 0.6) is 0 Å². The fourth-order valence-corrected chi connectivity index (χ4v) is 0.781. The molecule has 2 nitrogen and oxygen atoms in total. The molecule has 1 aliphatic rings. The molecule has 0 fully saturated rings. The number of hydrogen-bond donors (Lipinski definition) is 2. The summed E-state index contributed by atoms with van der Waals surface area (Å²) in [7, 11) is 0. The van der Waals surface area contributed by atoms with Crippen molar-refractivity contribution in [2.45, 2.75) is 5.50 Å². The first-order chi connectivity index (χ1) is 2.89. The normalized spacial score (nSPS) is 26.1. The van der Waals surface area contributed by atoms with Crippen LogP contribution in [-0.4, -0.2) is 5.50 Å². The Bertz CT molecular complexity index is 67.3. The van der Waals surface area contributed by atoms with E-state index in [9.17, 15) is 0 Å². The van der Waals surface area contributed by atoms with Crippen molar-refractivity contribution in [3.05, 3.63) is 11.6 Å². The van der Waals surface area contributed by atoms with Crippen molar-refractivity contribution in [3.8, 4) is 0 Å². The minimum Gasteiger partial charge on any atom is -0.367 e. The molecule has 0 radical (unpaired) electrons. The van der Waals surface area contributed by atoms with E-state index in [1.807, 2.05) is 11.6 Å². The van der Waals surface area contributed by atoms with Gasteiger partial charge in [0.1, 0.15) is 5.50 Å². The van der Waals surface area contributed by atoms with Crippen LogP contribution in [0.15, 0.2) is 11.6 Å². The molecule has 7 heavy (non-hydrogen) atoms. The van der Waals surface area contributed by atoms with Gasteiger partial charge in [-0.25, -0.2) is 0 Å². The lowest BCUT2D eigenvalue weighted by Crippen LogP contribution is -2.25. The lowest BCUT2D eigenvalue weighted by atomic mass is 10.9. The van der Waals surface area contributed by atoms with E-state index in [4.69, 9.17) is 5.73 Å². The molecular weight excluding hydrogens is 132 g/mol. The van der Waals surface area contributed by atoms with E-state index in [1.165, 1.54) is 0 Å². The van der Waals surface area contributed by atoms with Gasteiger partial charge in [0.2, 0.25) is 0 Å². The third-order valence-electron chi connectivity index (χ3n) is 0.554. The van der Waals surface area contributed by atoms with Crippen molar-refractivity contribution in [2.75, 3.05) is 0 Å². The van der Waals surface area contributed by atoms with Crippen LogP contribution in [-0.2, 0) is 0 Å². The predicted molar refractivity (Wildman–Crippen MR) is 35.1 cm³/mol. The fourth-order valence-electron chi connectivity index (χ4n) is 0.297. The third-order valence-corrected chi connectivity index (χ3v) is 1.28. The van der Waals surface area contributed by atoms with Crippen molar-refractivity contribution in [2.24, 2.45) is 5.73 Å². The Morgan fingerprint density at radius 3 is 2.57 bits per heavy atom. The number of thioether (sulfide) groups is 1. The van der Waals surface area contributed by atoms with Gasteiger partial charge in [0.15, 0.2) is 0 Å². The lowest BCUT2D eigenvalue weighted by Gasteiger charge is -1.96. The van der Waals surface area contributed by atoms with E-state index >= 15 is 0 Å². The zero-order valence-electron chi connectivity index (χ0n) is 3.63. The maximum Gasteiger partial charge on any atom is 0.126 e. The van der Waals surface area contributed by atoms with Crippen LogP contribution < -0.4 is 11.1 Å². The monoisotopic (exact) mass is 138 g/mol. The summed E-state index contributed by atoms with van der Waals surface area (Å²) in [4.78, 5) is 0. The third kappa shape index (κ3) is 2.06. The van der Waals surface area contributed by atoms with Crippen LogP contribution in [0.3, 0.4) is 0 Å². The predicted octanol–water partition coefficient (Wildman–Crippen LogP) is 0.458. The molecule has 0 spiro atoms. The van der Waals surface area contributed by atoms with Gasteiger partial charge in [-0.15, -0.1) is 12.4 Å². The largest absolute Gasteiger partial charge is 0.367 e. The molecule has 1 aliphatic heterocycles. The van der Waals surface area contributed by atoms with Gasteiger partial charge < -0.3 is 11.1 Å². The van der Waals surface area contributed by atoms with Gasteiger partial charge in [0.05, 0.1) is 0 Å². The Balaban J connectivity index is 0.000000360. The van der Waals surface area contributed by atoms with Crippen molar-refractivity contribution >= 4 is 24.2 Å². The zero-order chi connectivity index (χ0) is 4.41. The summed E-state index contributed by atoms with van der Waals surface area (Å²) in [5, 5.41) is 4.81. The molecule has 0 aliphatic carbocycles. The summed E-state index contributed by atoms with van der Waals surface area (Å²) in [6.07, 6.45) is 1.84. The quantitative estimate of drug-likeness (QED) is 0.511. The highest BCUT2D eigenvalue weighted by Crippen LogP contribution is 2.08. The highest BCUT2D eigenvalue weighted by atomic mass is 35.5. The summed E-state index contributed by atoms with van der Waals surface area (Å²) < 4.78 is 0. The molecule has 1 unspecified atom stereocenters.